The van der Waals surface area contributed by atoms with Crippen molar-refractivity contribution in [1.29, 1.82) is 0 Å². The minimum Gasteiger partial charge on any atom is -0.327 e. The second-order valence-electron chi connectivity index (χ2n) is 2.92. The van der Waals surface area contributed by atoms with Crippen LogP contribution in [0.3, 0.4) is 0 Å². The predicted octanol–water partition coefficient (Wildman–Crippen LogP) is 0.642. The Hall–Kier alpha value is -0.340. The fourth-order valence-corrected chi connectivity index (χ4v) is 1.33. The first-order valence-corrected chi connectivity index (χ1v) is 3.90. The zero-order valence-corrected chi connectivity index (χ0v) is 6.51. The van der Waals surface area contributed by atoms with Gasteiger partial charge >= 0.3 is 0 Å². The smallest absolute Gasteiger partial charge is 0.0113 e. The zero-order chi connectivity index (χ0) is 7.40. The topological polar surface area (TPSA) is 38.0 Å². The first kappa shape index (κ1) is 7.76. The van der Waals surface area contributed by atoms with Gasteiger partial charge < -0.3 is 11.1 Å². The summed E-state index contributed by atoms with van der Waals surface area (Å²) in [5.41, 5.74) is 5.81. The van der Waals surface area contributed by atoms with Crippen LogP contribution in [0.1, 0.15) is 19.3 Å². The lowest BCUT2D eigenvalue weighted by atomic mass is 10.1. The molecule has 58 valence electrons. The lowest BCUT2D eigenvalue weighted by Gasteiger charge is -2.15. The van der Waals surface area contributed by atoms with Crippen molar-refractivity contribution >= 4 is 0 Å². The molecule has 3 N–H and O–H groups in total. The highest BCUT2D eigenvalue weighted by atomic mass is 14.9. The summed E-state index contributed by atoms with van der Waals surface area (Å²) in [5, 5.41) is 3.24. The van der Waals surface area contributed by atoms with Crippen LogP contribution in [-0.4, -0.2) is 19.1 Å². The molecule has 2 heteroatoms. The van der Waals surface area contributed by atoms with Crippen LogP contribution < -0.4 is 11.1 Å². The van der Waals surface area contributed by atoms with Crippen LogP contribution in [0.15, 0.2) is 12.2 Å². The Bertz CT molecular complexity index is 120. The molecule has 0 spiro atoms. The maximum Gasteiger partial charge on any atom is 0.0113 e. The van der Waals surface area contributed by atoms with E-state index in [-0.39, 0.29) is 0 Å². The molecule has 0 heterocycles. The molecule has 2 nitrogen and oxygen atoms in total. The number of hydrogen-bond acceptors (Lipinski definition) is 2. The van der Waals surface area contributed by atoms with Crippen LogP contribution in [0.2, 0.25) is 0 Å². The van der Waals surface area contributed by atoms with Gasteiger partial charge in [-0.05, 0) is 26.3 Å². The molecule has 0 unspecified atom stereocenters. The highest BCUT2D eigenvalue weighted by Crippen LogP contribution is 2.09. The molecular formula is C8H16N2. The van der Waals surface area contributed by atoms with Crippen LogP contribution >= 0.6 is 0 Å². The molecule has 10 heavy (non-hydrogen) atoms. The molecule has 1 aliphatic rings. The van der Waals surface area contributed by atoms with Gasteiger partial charge in [-0.25, -0.2) is 0 Å². The third kappa shape index (κ3) is 2.12. The van der Waals surface area contributed by atoms with E-state index < -0.39 is 0 Å². The summed E-state index contributed by atoms with van der Waals surface area (Å²) in [6, 6.07) is 0.949. The van der Waals surface area contributed by atoms with E-state index in [1.807, 2.05) is 7.05 Å². The maximum atomic E-state index is 5.81. The maximum absolute atomic E-state index is 5.81. The molecule has 1 aliphatic carbocycles. The fourth-order valence-electron chi connectivity index (χ4n) is 1.33. The number of nitrogens with one attached hydrogen (secondary N) is 1. The Morgan fingerprint density at radius 2 is 2.10 bits per heavy atom. The summed E-state index contributed by atoms with van der Waals surface area (Å²) < 4.78 is 0. The summed E-state index contributed by atoms with van der Waals surface area (Å²) in [6.07, 6.45) is 7.67. The van der Waals surface area contributed by atoms with Gasteiger partial charge in [-0.15, -0.1) is 0 Å². The van der Waals surface area contributed by atoms with Gasteiger partial charge in [0.05, 0.1) is 0 Å². The highest BCUT2D eigenvalue weighted by molar-refractivity contribution is 4.94. The Labute approximate surface area is 62.5 Å². The van der Waals surface area contributed by atoms with Crippen molar-refractivity contribution in [3.05, 3.63) is 12.2 Å². The first-order chi connectivity index (χ1) is 4.83. The molecule has 0 amide bonds. The molecular weight excluding hydrogens is 124 g/mol. The normalized spacial score (nSPS) is 33.8. The van der Waals surface area contributed by atoms with Gasteiger partial charge in [-0.1, -0.05) is 12.2 Å². The number of rotatable bonds is 1. The molecule has 0 aliphatic heterocycles. The van der Waals surface area contributed by atoms with E-state index in [1.54, 1.807) is 0 Å². The molecule has 0 bridgehead atoms. The SMILES string of the molecule is CN[C@H]1CC=CC[C@@H](N)C1. The van der Waals surface area contributed by atoms with E-state index in [9.17, 15) is 0 Å². The molecule has 0 aromatic carbocycles. The summed E-state index contributed by atoms with van der Waals surface area (Å²) in [7, 11) is 2.00. The molecule has 0 aromatic rings. The van der Waals surface area contributed by atoms with E-state index in [0.29, 0.717) is 12.1 Å². The highest BCUT2D eigenvalue weighted by Gasteiger charge is 2.11. The average molecular weight is 140 g/mol. The standard InChI is InChI=1S/C8H16N2/c1-10-8-5-3-2-4-7(9)6-8/h2-3,7-8,10H,4-6,9H2,1H3/t7-,8+/m1/s1. The van der Waals surface area contributed by atoms with Crippen LogP contribution in [0, 0.1) is 0 Å². The van der Waals surface area contributed by atoms with Crippen molar-refractivity contribution in [1.82, 2.24) is 5.32 Å². The van der Waals surface area contributed by atoms with E-state index in [2.05, 4.69) is 17.5 Å². The Kier molecular flexibility index (Phi) is 2.90. The van der Waals surface area contributed by atoms with Crippen molar-refractivity contribution in [2.45, 2.75) is 31.3 Å². The largest absolute Gasteiger partial charge is 0.327 e. The molecule has 1 rings (SSSR count). The molecule has 2 atom stereocenters. The van der Waals surface area contributed by atoms with Crippen LogP contribution in [0.5, 0.6) is 0 Å². The van der Waals surface area contributed by atoms with E-state index >= 15 is 0 Å². The van der Waals surface area contributed by atoms with Crippen LogP contribution in [0.25, 0.3) is 0 Å². The summed E-state index contributed by atoms with van der Waals surface area (Å²) in [5.74, 6) is 0. The van der Waals surface area contributed by atoms with Crippen molar-refractivity contribution in [2.75, 3.05) is 7.05 Å². The zero-order valence-electron chi connectivity index (χ0n) is 6.51. The van der Waals surface area contributed by atoms with Crippen LogP contribution in [0.4, 0.5) is 0 Å². The van der Waals surface area contributed by atoms with E-state index in [0.717, 1.165) is 19.3 Å². The number of hydrogen-bond donors (Lipinski definition) is 2. The summed E-state index contributed by atoms with van der Waals surface area (Å²) in [4.78, 5) is 0. The van der Waals surface area contributed by atoms with Gasteiger partial charge in [0.15, 0.2) is 0 Å². The van der Waals surface area contributed by atoms with Gasteiger partial charge in [0, 0.05) is 12.1 Å². The van der Waals surface area contributed by atoms with Gasteiger partial charge in [0.1, 0.15) is 0 Å². The van der Waals surface area contributed by atoms with Gasteiger partial charge in [-0.3, -0.25) is 0 Å². The van der Waals surface area contributed by atoms with Crippen LogP contribution in [-0.2, 0) is 0 Å². The summed E-state index contributed by atoms with van der Waals surface area (Å²) in [6.45, 7) is 0. The van der Waals surface area contributed by atoms with Gasteiger partial charge in [0.25, 0.3) is 0 Å². The predicted molar refractivity (Wildman–Crippen MR) is 43.8 cm³/mol. The minimum atomic E-state index is 0.358. The molecule has 0 aromatic heterocycles. The van der Waals surface area contributed by atoms with E-state index in [4.69, 9.17) is 5.73 Å². The molecule has 0 saturated heterocycles. The fraction of sp³-hybridized carbons (Fsp3) is 0.750. The third-order valence-electron chi connectivity index (χ3n) is 2.02. The average Bonchev–Trinajstić information content (AvgIpc) is 2.13. The van der Waals surface area contributed by atoms with Gasteiger partial charge in [-0.2, -0.15) is 0 Å². The monoisotopic (exact) mass is 140 g/mol. The van der Waals surface area contributed by atoms with E-state index in [1.165, 1.54) is 0 Å². The Morgan fingerprint density at radius 3 is 2.80 bits per heavy atom. The Balaban J connectivity index is 2.40. The third-order valence-corrected chi connectivity index (χ3v) is 2.02. The Morgan fingerprint density at radius 1 is 1.40 bits per heavy atom. The quantitative estimate of drug-likeness (QED) is 0.525. The second-order valence-corrected chi connectivity index (χ2v) is 2.92. The lowest BCUT2D eigenvalue weighted by molar-refractivity contribution is 0.481. The van der Waals surface area contributed by atoms with Crippen molar-refractivity contribution < 1.29 is 0 Å². The summed E-state index contributed by atoms with van der Waals surface area (Å²) >= 11 is 0. The molecule has 0 radical (unpaired) electrons. The molecule has 0 saturated carbocycles. The van der Waals surface area contributed by atoms with Gasteiger partial charge in [0.2, 0.25) is 0 Å². The first-order valence-electron chi connectivity index (χ1n) is 3.90. The lowest BCUT2D eigenvalue weighted by Crippen LogP contribution is -2.31. The second kappa shape index (κ2) is 3.74. The molecule has 0 fully saturated rings. The van der Waals surface area contributed by atoms with Crippen molar-refractivity contribution in [3.63, 3.8) is 0 Å². The minimum absolute atomic E-state index is 0.358. The number of nitrogens with two attached hydrogens (primary N) is 1. The van der Waals surface area contributed by atoms with Crippen molar-refractivity contribution in [3.8, 4) is 0 Å². The van der Waals surface area contributed by atoms with Crippen molar-refractivity contribution in [2.24, 2.45) is 5.73 Å².